The molecule has 0 fully saturated rings. The smallest absolute Gasteiger partial charge is 0.237 e. The summed E-state index contributed by atoms with van der Waals surface area (Å²) in [5.41, 5.74) is 7.42. The van der Waals surface area contributed by atoms with Gasteiger partial charge in [0.05, 0.1) is 5.75 Å². The largest absolute Gasteiger partial charge is 0.379 e. The standard InChI is InChI=1S/C11H13N3OS/c12-11(13)16-7-10(15)14-6-5-8-3-1-2-4-9(8)14/h1-4H,5-7H2,(H3,12,13). The first-order chi connectivity index (χ1) is 7.68. The van der Waals surface area contributed by atoms with Gasteiger partial charge in [-0.05, 0) is 18.1 Å². The number of benzene rings is 1. The maximum absolute atomic E-state index is 11.9. The maximum atomic E-state index is 11.9. The Morgan fingerprint density at radius 2 is 2.25 bits per heavy atom. The molecule has 0 atom stereocenters. The van der Waals surface area contributed by atoms with Crippen LogP contribution in [0.1, 0.15) is 5.56 Å². The number of nitrogens with zero attached hydrogens (tertiary/aromatic N) is 1. The van der Waals surface area contributed by atoms with Crippen LogP contribution in [-0.4, -0.2) is 23.4 Å². The Morgan fingerprint density at radius 1 is 1.50 bits per heavy atom. The molecule has 84 valence electrons. The molecule has 0 spiro atoms. The first-order valence-corrected chi connectivity index (χ1v) is 6.02. The SMILES string of the molecule is N=C(N)SCC(=O)N1CCc2ccccc21. The van der Waals surface area contributed by atoms with Gasteiger partial charge in [-0.3, -0.25) is 10.2 Å². The van der Waals surface area contributed by atoms with Crippen LogP contribution in [-0.2, 0) is 11.2 Å². The number of carbonyl (C=O) groups excluding carboxylic acids is 1. The molecule has 0 unspecified atom stereocenters. The summed E-state index contributed by atoms with van der Waals surface area (Å²) in [5, 5.41) is 7.06. The van der Waals surface area contributed by atoms with E-state index in [1.807, 2.05) is 24.3 Å². The Hall–Kier alpha value is -1.49. The van der Waals surface area contributed by atoms with Crippen LogP contribution >= 0.6 is 11.8 Å². The number of amides is 1. The summed E-state index contributed by atoms with van der Waals surface area (Å²) >= 11 is 1.07. The van der Waals surface area contributed by atoms with Crippen LogP contribution in [0.5, 0.6) is 0 Å². The molecule has 0 radical (unpaired) electrons. The Balaban J connectivity index is 2.07. The number of anilines is 1. The molecule has 0 aromatic heterocycles. The fourth-order valence-corrected chi connectivity index (χ4v) is 2.25. The fourth-order valence-electron chi connectivity index (χ4n) is 1.81. The van der Waals surface area contributed by atoms with Crippen molar-refractivity contribution in [3.8, 4) is 0 Å². The van der Waals surface area contributed by atoms with Crippen molar-refractivity contribution < 1.29 is 4.79 Å². The number of para-hydroxylation sites is 1. The Labute approximate surface area is 98.3 Å². The first-order valence-electron chi connectivity index (χ1n) is 5.03. The normalized spacial score (nSPS) is 13.6. The van der Waals surface area contributed by atoms with Crippen molar-refractivity contribution in [2.75, 3.05) is 17.2 Å². The number of rotatable bonds is 2. The molecule has 1 aliphatic rings. The molecule has 1 aromatic carbocycles. The van der Waals surface area contributed by atoms with Crippen LogP contribution in [0.15, 0.2) is 24.3 Å². The van der Waals surface area contributed by atoms with Crippen molar-refractivity contribution in [1.82, 2.24) is 0 Å². The molecule has 1 heterocycles. The van der Waals surface area contributed by atoms with Gasteiger partial charge in [0.1, 0.15) is 0 Å². The highest BCUT2D eigenvalue weighted by molar-refractivity contribution is 8.14. The Bertz CT molecular complexity index is 433. The lowest BCUT2D eigenvalue weighted by atomic mass is 10.2. The molecule has 0 bridgehead atoms. The van der Waals surface area contributed by atoms with Gasteiger partial charge < -0.3 is 10.6 Å². The molecule has 5 heteroatoms. The molecule has 4 nitrogen and oxygen atoms in total. The van der Waals surface area contributed by atoms with Gasteiger partial charge in [0, 0.05) is 12.2 Å². The average molecular weight is 235 g/mol. The van der Waals surface area contributed by atoms with Gasteiger partial charge in [0.2, 0.25) is 5.91 Å². The quantitative estimate of drug-likeness (QED) is 0.598. The second-order valence-electron chi connectivity index (χ2n) is 3.58. The lowest BCUT2D eigenvalue weighted by molar-refractivity contribution is -0.116. The van der Waals surface area contributed by atoms with Crippen molar-refractivity contribution in [1.29, 1.82) is 5.41 Å². The van der Waals surface area contributed by atoms with Crippen molar-refractivity contribution in [2.24, 2.45) is 5.73 Å². The minimum Gasteiger partial charge on any atom is -0.379 e. The molecule has 3 N–H and O–H groups in total. The number of nitrogens with one attached hydrogen (secondary N) is 1. The van der Waals surface area contributed by atoms with E-state index in [0.29, 0.717) is 0 Å². The van der Waals surface area contributed by atoms with Crippen LogP contribution in [0, 0.1) is 5.41 Å². The molecule has 1 aromatic rings. The minimum atomic E-state index is -0.0131. The third-order valence-corrected chi connectivity index (χ3v) is 3.24. The number of hydrogen-bond donors (Lipinski definition) is 2. The van der Waals surface area contributed by atoms with Gasteiger partial charge in [0.15, 0.2) is 5.17 Å². The summed E-state index contributed by atoms with van der Waals surface area (Å²) in [6.45, 7) is 0.733. The van der Waals surface area contributed by atoms with Crippen LogP contribution in [0.3, 0.4) is 0 Å². The molecule has 0 aliphatic carbocycles. The second kappa shape index (κ2) is 4.57. The molecule has 2 rings (SSSR count). The highest BCUT2D eigenvalue weighted by Gasteiger charge is 2.23. The van der Waals surface area contributed by atoms with Gasteiger partial charge in [-0.25, -0.2) is 0 Å². The van der Waals surface area contributed by atoms with Crippen molar-refractivity contribution >= 4 is 28.5 Å². The highest BCUT2D eigenvalue weighted by Crippen LogP contribution is 2.27. The van der Waals surface area contributed by atoms with E-state index in [4.69, 9.17) is 11.1 Å². The number of amidine groups is 1. The monoisotopic (exact) mass is 235 g/mol. The summed E-state index contributed by atoms with van der Waals surface area (Å²) in [7, 11) is 0. The summed E-state index contributed by atoms with van der Waals surface area (Å²) in [4.78, 5) is 13.6. The topological polar surface area (TPSA) is 70.2 Å². The second-order valence-corrected chi connectivity index (χ2v) is 4.59. The van der Waals surface area contributed by atoms with Gasteiger partial charge >= 0.3 is 0 Å². The number of fused-ring (bicyclic) bond motifs is 1. The Morgan fingerprint density at radius 3 is 3.00 bits per heavy atom. The zero-order chi connectivity index (χ0) is 11.5. The third kappa shape index (κ3) is 2.19. The predicted octanol–water partition coefficient (Wildman–Crippen LogP) is 1.20. The van der Waals surface area contributed by atoms with Crippen LogP contribution in [0.4, 0.5) is 5.69 Å². The summed E-state index contributed by atoms with van der Waals surface area (Å²) in [6.07, 6.45) is 0.909. The van der Waals surface area contributed by atoms with E-state index in [0.717, 1.165) is 30.4 Å². The predicted molar refractivity (Wildman–Crippen MR) is 66.9 cm³/mol. The van der Waals surface area contributed by atoms with Gasteiger partial charge in [-0.1, -0.05) is 30.0 Å². The van der Waals surface area contributed by atoms with E-state index in [1.54, 1.807) is 4.90 Å². The van der Waals surface area contributed by atoms with Crippen LogP contribution < -0.4 is 10.6 Å². The number of carbonyl (C=O) groups is 1. The highest BCUT2D eigenvalue weighted by atomic mass is 32.2. The molecule has 1 aliphatic heterocycles. The van der Waals surface area contributed by atoms with Gasteiger partial charge in [0.25, 0.3) is 0 Å². The number of nitrogens with two attached hydrogens (primary N) is 1. The average Bonchev–Trinajstić information content (AvgIpc) is 2.69. The van der Waals surface area contributed by atoms with E-state index in [2.05, 4.69) is 0 Å². The summed E-state index contributed by atoms with van der Waals surface area (Å²) in [5.74, 6) is 0.258. The van der Waals surface area contributed by atoms with E-state index >= 15 is 0 Å². The van der Waals surface area contributed by atoms with Crippen LogP contribution in [0.25, 0.3) is 0 Å². The molecule has 1 amide bonds. The Kier molecular flexibility index (Phi) is 3.14. The fraction of sp³-hybridized carbons (Fsp3) is 0.273. The van der Waals surface area contributed by atoms with Gasteiger partial charge in [-0.2, -0.15) is 0 Å². The van der Waals surface area contributed by atoms with E-state index in [-0.39, 0.29) is 16.8 Å². The lowest BCUT2D eigenvalue weighted by Gasteiger charge is -2.16. The zero-order valence-corrected chi connectivity index (χ0v) is 9.59. The molecular formula is C11H13N3OS. The van der Waals surface area contributed by atoms with E-state index in [9.17, 15) is 4.79 Å². The van der Waals surface area contributed by atoms with E-state index < -0.39 is 0 Å². The van der Waals surface area contributed by atoms with Crippen molar-refractivity contribution in [2.45, 2.75) is 6.42 Å². The summed E-state index contributed by atoms with van der Waals surface area (Å²) in [6, 6.07) is 7.92. The lowest BCUT2D eigenvalue weighted by Crippen LogP contribution is -2.31. The minimum absolute atomic E-state index is 0.0131. The van der Waals surface area contributed by atoms with Crippen LogP contribution in [0.2, 0.25) is 0 Å². The van der Waals surface area contributed by atoms with Crippen molar-refractivity contribution in [3.05, 3.63) is 29.8 Å². The molecule has 0 saturated carbocycles. The molecule has 16 heavy (non-hydrogen) atoms. The van der Waals surface area contributed by atoms with E-state index in [1.165, 1.54) is 5.56 Å². The zero-order valence-electron chi connectivity index (χ0n) is 8.77. The first kappa shape index (κ1) is 11.0. The number of hydrogen-bond acceptors (Lipinski definition) is 3. The van der Waals surface area contributed by atoms with Gasteiger partial charge in [-0.15, -0.1) is 0 Å². The molecule has 0 saturated heterocycles. The summed E-state index contributed by atoms with van der Waals surface area (Å²) < 4.78 is 0. The molecular weight excluding hydrogens is 222 g/mol. The third-order valence-electron chi connectivity index (χ3n) is 2.54. The maximum Gasteiger partial charge on any atom is 0.237 e. The number of thioether (sulfide) groups is 1. The van der Waals surface area contributed by atoms with Crippen molar-refractivity contribution in [3.63, 3.8) is 0 Å².